The van der Waals surface area contributed by atoms with Crippen molar-refractivity contribution in [1.82, 2.24) is 10.8 Å². The average molecular weight is 387 g/mol. The Labute approximate surface area is 161 Å². The zero-order valence-corrected chi connectivity index (χ0v) is 15.7. The summed E-state index contributed by atoms with van der Waals surface area (Å²) in [7, 11) is 0. The van der Waals surface area contributed by atoms with E-state index in [4.69, 9.17) is 9.94 Å². The zero-order chi connectivity index (χ0) is 19.2. The van der Waals surface area contributed by atoms with Crippen LogP contribution in [0.1, 0.15) is 12.5 Å². The molecule has 0 saturated carbocycles. The molecular formula is C19H21N3O4S. The predicted molar refractivity (Wildman–Crippen MR) is 104 cm³/mol. The molecule has 2 aromatic carbocycles. The predicted octanol–water partition coefficient (Wildman–Crippen LogP) is 3.42. The molecule has 142 valence electrons. The molecule has 0 radical (unpaired) electrons. The van der Waals surface area contributed by atoms with E-state index in [0.29, 0.717) is 23.8 Å². The number of thioether (sulfide) groups is 1. The van der Waals surface area contributed by atoms with Crippen molar-refractivity contribution in [3.8, 4) is 5.75 Å². The van der Waals surface area contributed by atoms with Crippen LogP contribution in [0.25, 0.3) is 0 Å². The summed E-state index contributed by atoms with van der Waals surface area (Å²) in [5, 5.41) is 10.8. The second kappa shape index (κ2) is 8.79. The molecule has 1 atom stereocenters. The standard InChI is InChI=1S/C19H21N3O4S/c1-13-12-14-4-2-3-5-17(14)22(13)18(23)20-10-11-26-15-6-8-16(9-7-15)27-19(24)21-25/h2-9,13,25H,10-12H2,1H3,(H,20,23)(H,21,24). The molecule has 7 nitrogen and oxygen atoms in total. The van der Waals surface area contributed by atoms with Crippen LogP contribution < -0.4 is 20.4 Å². The van der Waals surface area contributed by atoms with E-state index in [-0.39, 0.29) is 12.1 Å². The number of para-hydroxylation sites is 1. The number of hydrogen-bond acceptors (Lipinski definition) is 5. The van der Waals surface area contributed by atoms with Gasteiger partial charge in [0, 0.05) is 16.6 Å². The van der Waals surface area contributed by atoms with Crippen LogP contribution in [0.2, 0.25) is 0 Å². The van der Waals surface area contributed by atoms with Crippen LogP contribution in [-0.2, 0) is 6.42 Å². The van der Waals surface area contributed by atoms with Crippen LogP contribution in [0.15, 0.2) is 53.4 Å². The lowest BCUT2D eigenvalue weighted by Gasteiger charge is -2.23. The molecule has 27 heavy (non-hydrogen) atoms. The number of carbonyl (C=O) groups excluding carboxylic acids is 2. The molecule has 8 heteroatoms. The number of anilines is 1. The normalized spacial score (nSPS) is 15.2. The highest BCUT2D eigenvalue weighted by Gasteiger charge is 2.30. The fourth-order valence-corrected chi connectivity index (χ4v) is 3.55. The molecule has 1 aliphatic rings. The maximum atomic E-state index is 12.5. The lowest BCUT2D eigenvalue weighted by atomic mass is 10.1. The first-order valence-corrected chi connectivity index (χ1v) is 9.40. The summed E-state index contributed by atoms with van der Waals surface area (Å²) in [4.78, 5) is 26.0. The van der Waals surface area contributed by atoms with Crippen molar-refractivity contribution in [2.45, 2.75) is 24.3 Å². The number of amides is 3. The van der Waals surface area contributed by atoms with Gasteiger partial charge in [-0.1, -0.05) is 18.2 Å². The zero-order valence-electron chi connectivity index (χ0n) is 14.8. The largest absolute Gasteiger partial charge is 0.492 e. The van der Waals surface area contributed by atoms with Gasteiger partial charge in [0.2, 0.25) is 0 Å². The summed E-state index contributed by atoms with van der Waals surface area (Å²) < 4.78 is 5.61. The molecular weight excluding hydrogens is 366 g/mol. The van der Waals surface area contributed by atoms with Crippen molar-refractivity contribution >= 4 is 28.7 Å². The second-order valence-electron chi connectivity index (χ2n) is 6.10. The summed E-state index contributed by atoms with van der Waals surface area (Å²) in [6, 6.07) is 14.8. The molecule has 1 aliphatic heterocycles. The molecule has 0 fully saturated rings. The van der Waals surface area contributed by atoms with Gasteiger partial charge in [-0.05, 0) is 61.0 Å². The monoisotopic (exact) mass is 387 g/mol. The van der Waals surface area contributed by atoms with E-state index in [1.807, 2.05) is 31.2 Å². The highest BCUT2D eigenvalue weighted by molar-refractivity contribution is 8.13. The number of fused-ring (bicyclic) bond motifs is 1. The molecule has 0 aliphatic carbocycles. The number of hydrogen-bond donors (Lipinski definition) is 3. The van der Waals surface area contributed by atoms with Crippen LogP contribution in [0.5, 0.6) is 5.75 Å². The molecule has 2 aromatic rings. The highest BCUT2D eigenvalue weighted by atomic mass is 32.2. The van der Waals surface area contributed by atoms with Gasteiger partial charge in [0.15, 0.2) is 0 Å². The van der Waals surface area contributed by atoms with Crippen LogP contribution in [0.3, 0.4) is 0 Å². The quantitative estimate of drug-likeness (QED) is 0.317. The van der Waals surface area contributed by atoms with E-state index in [1.54, 1.807) is 34.6 Å². The summed E-state index contributed by atoms with van der Waals surface area (Å²) in [6.45, 7) is 2.75. The maximum absolute atomic E-state index is 12.5. The minimum Gasteiger partial charge on any atom is -0.492 e. The smallest absolute Gasteiger partial charge is 0.322 e. The third-order valence-corrected chi connectivity index (χ3v) is 4.98. The van der Waals surface area contributed by atoms with Gasteiger partial charge in [-0.3, -0.25) is 14.9 Å². The molecule has 0 bridgehead atoms. The summed E-state index contributed by atoms with van der Waals surface area (Å²) >= 11 is 0.875. The fraction of sp³-hybridized carbons (Fsp3) is 0.263. The van der Waals surface area contributed by atoms with Gasteiger partial charge in [-0.25, -0.2) is 10.3 Å². The number of benzene rings is 2. The first kappa shape index (κ1) is 19.1. The van der Waals surface area contributed by atoms with Crippen molar-refractivity contribution in [1.29, 1.82) is 0 Å². The fourth-order valence-electron chi connectivity index (χ4n) is 3.02. The minimum absolute atomic E-state index is 0.127. The Kier molecular flexibility index (Phi) is 6.20. The molecule has 3 N–H and O–H groups in total. The number of urea groups is 1. The third kappa shape index (κ3) is 4.72. The Morgan fingerprint density at radius 3 is 2.70 bits per heavy atom. The van der Waals surface area contributed by atoms with Gasteiger partial charge in [0.05, 0.1) is 6.54 Å². The lowest BCUT2D eigenvalue weighted by molar-refractivity contribution is 0.180. The SMILES string of the molecule is CC1Cc2ccccc2N1C(=O)NCCOc1ccc(SC(=O)NO)cc1. The highest BCUT2D eigenvalue weighted by Crippen LogP contribution is 2.31. The molecule has 3 rings (SSSR count). The first-order valence-electron chi connectivity index (χ1n) is 8.58. The van der Waals surface area contributed by atoms with Crippen molar-refractivity contribution < 1.29 is 19.5 Å². The van der Waals surface area contributed by atoms with Crippen LogP contribution in [0.4, 0.5) is 15.3 Å². The average Bonchev–Trinajstić information content (AvgIpc) is 3.02. The van der Waals surface area contributed by atoms with E-state index in [0.717, 1.165) is 23.9 Å². The summed E-state index contributed by atoms with van der Waals surface area (Å²) in [5.74, 6) is 0.637. The molecule has 3 amide bonds. The number of hydroxylamine groups is 1. The van der Waals surface area contributed by atoms with E-state index in [2.05, 4.69) is 5.32 Å². The second-order valence-corrected chi connectivity index (χ2v) is 7.15. The van der Waals surface area contributed by atoms with Crippen LogP contribution >= 0.6 is 11.8 Å². The number of rotatable bonds is 5. The van der Waals surface area contributed by atoms with Gasteiger partial charge in [-0.15, -0.1) is 0 Å². The molecule has 0 aromatic heterocycles. The van der Waals surface area contributed by atoms with Crippen molar-refractivity contribution in [2.75, 3.05) is 18.1 Å². The minimum atomic E-state index is -0.552. The Morgan fingerprint density at radius 1 is 1.22 bits per heavy atom. The first-order chi connectivity index (χ1) is 13.1. The number of nitrogens with zero attached hydrogens (tertiary/aromatic N) is 1. The number of ether oxygens (including phenoxy) is 1. The van der Waals surface area contributed by atoms with E-state index >= 15 is 0 Å². The van der Waals surface area contributed by atoms with E-state index in [9.17, 15) is 9.59 Å². The Morgan fingerprint density at radius 2 is 1.96 bits per heavy atom. The van der Waals surface area contributed by atoms with E-state index in [1.165, 1.54) is 5.56 Å². The summed E-state index contributed by atoms with van der Waals surface area (Å²) in [6.07, 6.45) is 0.860. The summed E-state index contributed by atoms with van der Waals surface area (Å²) in [5.41, 5.74) is 3.71. The van der Waals surface area contributed by atoms with Crippen LogP contribution in [0, 0.1) is 0 Å². The Bertz CT molecular complexity index is 813. The van der Waals surface area contributed by atoms with Crippen molar-refractivity contribution in [3.05, 3.63) is 54.1 Å². The topological polar surface area (TPSA) is 90.9 Å². The number of nitrogens with one attached hydrogen (secondary N) is 2. The third-order valence-electron chi connectivity index (χ3n) is 4.20. The molecule has 0 spiro atoms. The molecule has 1 heterocycles. The lowest BCUT2D eigenvalue weighted by Crippen LogP contribution is -2.44. The molecule has 1 unspecified atom stereocenters. The van der Waals surface area contributed by atoms with Gasteiger partial charge >= 0.3 is 11.3 Å². The van der Waals surface area contributed by atoms with Crippen LogP contribution in [-0.4, -0.2) is 35.7 Å². The van der Waals surface area contributed by atoms with Gasteiger partial charge < -0.3 is 10.1 Å². The van der Waals surface area contributed by atoms with Gasteiger partial charge in [0.25, 0.3) is 0 Å². The Hall–Kier alpha value is -2.71. The van der Waals surface area contributed by atoms with Gasteiger partial charge in [-0.2, -0.15) is 0 Å². The van der Waals surface area contributed by atoms with Crippen molar-refractivity contribution in [3.63, 3.8) is 0 Å². The maximum Gasteiger partial charge on any atom is 0.322 e. The van der Waals surface area contributed by atoms with Crippen molar-refractivity contribution in [2.24, 2.45) is 0 Å². The Balaban J connectivity index is 1.45. The van der Waals surface area contributed by atoms with E-state index < -0.39 is 5.24 Å². The van der Waals surface area contributed by atoms with Gasteiger partial charge in [0.1, 0.15) is 12.4 Å². The molecule has 0 saturated heterocycles. The number of carbonyl (C=O) groups is 2.